The molecule has 0 heterocycles. The van der Waals surface area contributed by atoms with Crippen LogP contribution in [0.4, 0.5) is 0 Å². The third-order valence-corrected chi connectivity index (χ3v) is 5.06. The first-order valence-electron chi connectivity index (χ1n) is 8.27. The van der Waals surface area contributed by atoms with Gasteiger partial charge in [-0.25, -0.2) is 0 Å². The maximum Gasteiger partial charge on any atom is 0.132 e. The second kappa shape index (κ2) is 7.06. The van der Waals surface area contributed by atoms with E-state index >= 15 is 0 Å². The topological polar surface area (TPSA) is 17.1 Å². The second-order valence-electron chi connectivity index (χ2n) is 6.46. The highest BCUT2D eigenvalue weighted by atomic mass is 16.1. The summed E-state index contributed by atoms with van der Waals surface area (Å²) < 4.78 is 0. The van der Waals surface area contributed by atoms with Crippen LogP contribution in [0.15, 0.2) is 30.3 Å². The molecular weight excluding hydrogens is 244 g/mol. The molecule has 1 aromatic carbocycles. The Balaban J connectivity index is 1.79. The van der Waals surface area contributed by atoms with Gasteiger partial charge in [0.05, 0.1) is 0 Å². The van der Waals surface area contributed by atoms with Gasteiger partial charge in [-0.2, -0.15) is 0 Å². The molecule has 0 amide bonds. The van der Waals surface area contributed by atoms with Gasteiger partial charge in [-0.05, 0) is 49.0 Å². The Morgan fingerprint density at radius 3 is 2.45 bits per heavy atom. The van der Waals surface area contributed by atoms with Gasteiger partial charge in [-0.3, -0.25) is 4.79 Å². The third-order valence-electron chi connectivity index (χ3n) is 5.06. The fourth-order valence-corrected chi connectivity index (χ4v) is 3.63. The van der Waals surface area contributed by atoms with Crippen LogP contribution >= 0.6 is 0 Å². The molecule has 0 bridgehead atoms. The van der Waals surface area contributed by atoms with E-state index < -0.39 is 0 Å². The molecule has 20 heavy (non-hydrogen) atoms. The predicted octanol–water partition coefficient (Wildman–Crippen LogP) is 5.28. The van der Waals surface area contributed by atoms with E-state index in [4.69, 9.17) is 0 Å². The van der Waals surface area contributed by atoms with E-state index in [1.807, 2.05) is 0 Å². The molecule has 0 unspecified atom stereocenters. The van der Waals surface area contributed by atoms with Gasteiger partial charge in [0.15, 0.2) is 0 Å². The summed E-state index contributed by atoms with van der Waals surface area (Å²) in [5.74, 6) is 1.24. The van der Waals surface area contributed by atoms with Crippen LogP contribution in [0.1, 0.15) is 70.8 Å². The Bertz CT molecular complexity index is 415. The number of Topliss-reactive ketones (excluding diaryl/α,β-unsaturated/α-hetero) is 1. The lowest BCUT2D eigenvalue weighted by molar-refractivity contribution is -0.119. The Morgan fingerprint density at radius 2 is 1.85 bits per heavy atom. The van der Waals surface area contributed by atoms with Crippen molar-refractivity contribution in [3.8, 4) is 0 Å². The molecule has 2 rings (SSSR count). The van der Waals surface area contributed by atoms with Gasteiger partial charge < -0.3 is 0 Å². The fraction of sp³-hybridized carbons (Fsp3) is 0.632. The fourth-order valence-electron chi connectivity index (χ4n) is 3.63. The zero-order valence-corrected chi connectivity index (χ0v) is 13.0. The first-order chi connectivity index (χ1) is 9.70. The van der Waals surface area contributed by atoms with Gasteiger partial charge in [-0.1, -0.05) is 50.6 Å². The van der Waals surface area contributed by atoms with Crippen LogP contribution in [0.5, 0.6) is 0 Å². The van der Waals surface area contributed by atoms with E-state index in [9.17, 15) is 4.79 Å². The van der Waals surface area contributed by atoms with E-state index in [2.05, 4.69) is 44.2 Å². The molecule has 1 saturated carbocycles. The smallest absolute Gasteiger partial charge is 0.132 e. The summed E-state index contributed by atoms with van der Waals surface area (Å²) in [5, 5.41) is 0. The molecule has 0 aromatic heterocycles. The lowest BCUT2D eigenvalue weighted by Gasteiger charge is -2.48. The largest absolute Gasteiger partial charge is 0.300 e. The van der Waals surface area contributed by atoms with Gasteiger partial charge in [-0.15, -0.1) is 0 Å². The summed E-state index contributed by atoms with van der Waals surface area (Å²) in [6, 6.07) is 10.9. The van der Waals surface area contributed by atoms with Crippen LogP contribution in [-0.2, 0) is 10.2 Å². The number of carbonyl (C=O) groups is 1. The van der Waals surface area contributed by atoms with Crippen molar-refractivity contribution >= 4 is 5.78 Å². The van der Waals surface area contributed by atoms with Crippen molar-refractivity contribution in [2.45, 2.75) is 70.6 Å². The average Bonchev–Trinajstić information content (AvgIpc) is 2.45. The van der Waals surface area contributed by atoms with E-state index in [1.165, 1.54) is 24.8 Å². The minimum Gasteiger partial charge on any atom is -0.300 e. The molecule has 0 saturated heterocycles. The zero-order valence-electron chi connectivity index (χ0n) is 13.0. The van der Waals surface area contributed by atoms with Crippen molar-refractivity contribution < 1.29 is 4.79 Å². The molecule has 0 radical (unpaired) electrons. The van der Waals surface area contributed by atoms with Crippen molar-refractivity contribution in [3.05, 3.63) is 35.9 Å². The number of ketones is 1. The maximum absolute atomic E-state index is 11.7. The van der Waals surface area contributed by atoms with Gasteiger partial charge in [0.1, 0.15) is 5.78 Å². The first kappa shape index (κ1) is 15.3. The van der Waals surface area contributed by atoms with Crippen molar-refractivity contribution in [2.24, 2.45) is 5.92 Å². The molecule has 1 aliphatic rings. The monoisotopic (exact) mass is 272 g/mol. The average molecular weight is 272 g/mol. The van der Waals surface area contributed by atoms with Gasteiger partial charge in [0.25, 0.3) is 0 Å². The van der Waals surface area contributed by atoms with Crippen molar-refractivity contribution in [3.63, 3.8) is 0 Å². The Morgan fingerprint density at radius 1 is 1.15 bits per heavy atom. The number of hydrogen-bond donors (Lipinski definition) is 0. The van der Waals surface area contributed by atoms with Crippen LogP contribution in [-0.4, -0.2) is 5.78 Å². The van der Waals surface area contributed by atoms with E-state index in [1.54, 1.807) is 0 Å². The highest BCUT2D eigenvalue weighted by molar-refractivity contribution is 5.78. The molecule has 110 valence electrons. The lowest BCUT2D eigenvalue weighted by Crippen LogP contribution is -2.40. The van der Waals surface area contributed by atoms with E-state index in [-0.39, 0.29) is 0 Å². The van der Waals surface area contributed by atoms with E-state index in [0.29, 0.717) is 11.2 Å². The number of hydrogen-bond acceptors (Lipinski definition) is 1. The van der Waals surface area contributed by atoms with Gasteiger partial charge >= 0.3 is 0 Å². The predicted molar refractivity (Wildman–Crippen MR) is 84.9 cm³/mol. The SMILES string of the molecule is CCCCC(=O)CCC1CC(CC)(c2ccccc2)C1. The molecule has 0 N–H and O–H groups in total. The van der Waals surface area contributed by atoms with Crippen molar-refractivity contribution in [1.29, 1.82) is 0 Å². The summed E-state index contributed by atoms with van der Waals surface area (Å²) in [5.41, 5.74) is 1.90. The molecule has 1 aromatic rings. The Hall–Kier alpha value is -1.11. The van der Waals surface area contributed by atoms with E-state index in [0.717, 1.165) is 38.0 Å². The summed E-state index contributed by atoms with van der Waals surface area (Å²) in [6.45, 7) is 4.45. The van der Waals surface area contributed by atoms with Crippen molar-refractivity contribution in [1.82, 2.24) is 0 Å². The summed E-state index contributed by atoms with van der Waals surface area (Å²) in [6.07, 6.45) is 8.66. The Kier molecular flexibility index (Phi) is 5.39. The standard InChI is InChI=1S/C19H28O/c1-3-5-11-18(20)13-12-16-14-19(4-2,15-16)17-9-7-6-8-10-17/h6-10,16H,3-5,11-15H2,1-2H3. The van der Waals surface area contributed by atoms with Crippen LogP contribution in [0, 0.1) is 5.92 Å². The van der Waals surface area contributed by atoms with Crippen molar-refractivity contribution in [2.75, 3.05) is 0 Å². The lowest BCUT2D eigenvalue weighted by atomic mass is 9.56. The summed E-state index contributed by atoms with van der Waals surface area (Å²) >= 11 is 0. The molecule has 0 atom stereocenters. The van der Waals surface area contributed by atoms with Gasteiger partial charge in [0.2, 0.25) is 0 Å². The number of unbranched alkanes of at least 4 members (excludes halogenated alkanes) is 1. The van der Waals surface area contributed by atoms with Crippen LogP contribution in [0.2, 0.25) is 0 Å². The van der Waals surface area contributed by atoms with Crippen LogP contribution < -0.4 is 0 Å². The normalized spacial score (nSPS) is 25.2. The van der Waals surface area contributed by atoms with Gasteiger partial charge in [0, 0.05) is 12.8 Å². The number of benzene rings is 1. The third kappa shape index (κ3) is 3.50. The maximum atomic E-state index is 11.7. The quantitative estimate of drug-likeness (QED) is 0.629. The number of carbonyl (C=O) groups excluding carboxylic acids is 1. The molecular formula is C19H28O. The zero-order chi connectivity index (χ0) is 14.4. The summed E-state index contributed by atoms with van der Waals surface area (Å²) in [4.78, 5) is 11.7. The highest BCUT2D eigenvalue weighted by Gasteiger charge is 2.43. The first-order valence-corrected chi connectivity index (χ1v) is 8.27. The molecule has 1 nitrogen and oxygen atoms in total. The summed E-state index contributed by atoms with van der Waals surface area (Å²) in [7, 11) is 0. The molecule has 0 aliphatic heterocycles. The minimum atomic E-state index is 0.401. The minimum absolute atomic E-state index is 0.401. The second-order valence-corrected chi connectivity index (χ2v) is 6.46. The van der Waals surface area contributed by atoms with Crippen LogP contribution in [0.3, 0.4) is 0 Å². The number of rotatable bonds is 8. The Labute approximate surface area is 123 Å². The molecule has 0 spiro atoms. The highest BCUT2D eigenvalue weighted by Crippen LogP contribution is 2.51. The molecule has 1 heteroatoms. The molecule has 1 aliphatic carbocycles. The van der Waals surface area contributed by atoms with Crippen LogP contribution in [0.25, 0.3) is 0 Å². The molecule has 1 fully saturated rings.